The third kappa shape index (κ3) is 3.13. The average Bonchev–Trinajstić information content (AvgIpc) is 3.11. The first-order valence-corrected chi connectivity index (χ1v) is 9.06. The zero-order chi connectivity index (χ0) is 18.9. The van der Waals surface area contributed by atoms with E-state index in [1.807, 2.05) is 71.5 Å². The molecule has 0 unspecified atom stereocenters. The van der Waals surface area contributed by atoms with E-state index in [4.69, 9.17) is 0 Å². The summed E-state index contributed by atoms with van der Waals surface area (Å²) in [5.41, 5.74) is 3.47. The molecule has 1 N–H and O–H groups in total. The Bertz CT molecular complexity index is 1110. The van der Waals surface area contributed by atoms with E-state index in [0.29, 0.717) is 5.56 Å². The summed E-state index contributed by atoms with van der Waals surface area (Å²) in [6.07, 6.45) is 3.64. The molecule has 0 fully saturated rings. The number of benzene rings is 3. The van der Waals surface area contributed by atoms with Gasteiger partial charge in [0, 0.05) is 28.1 Å². The first-order chi connectivity index (χ1) is 13.1. The lowest BCUT2D eigenvalue weighted by molar-refractivity contribution is 0.452. The molecule has 0 atom stereocenters. The van der Waals surface area contributed by atoms with Crippen molar-refractivity contribution in [1.29, 1.82) is 0 Å². The number of fused-ring (bicyclic) bond motifs is 1. The van der Waals surface area contributed by atoms with Crippen LogP contribution in [0.5, 0.6) is 5.75 Å². The Morgan fingerprint density at radius 3 is 2.41 bits per heavy atom. The number of nitrogens with zero attached hydrogens (tertiary/aromatic N) is 2. The second kappa shape index (κ2) is 6.76. The van der Waals surface area contributed by atoms with E-state index < -0.39 is 0 Å². The molecule has 27 heavy (non-hydrogen) atoms. The molecule has 3 nitrogen and oxygen atoms in total. The molecular formula is C24H22N2O. The van der Waals surface area contributed by atoms with Crippen molar-refractivity contribution < 1.29 is 5.11 Å². The lowest BCUT2D eigenvalue weighted by atomic mass is 9.77. The second-order valence-electron chi connectivity index (χ2n) is 7.20. The van der Waals surface area contributed by atoms with Crippen molar-refractivity contribution in [2.45, 2.75) is 19.3 Å². The van der Waals surface area contributed by atoms with Gasteiger partial charge in [0.25, 0.3) is 0 Å². The van der Waals surface area contributed by atoms with E-state index in [-0.39, 0.29) is 11.2 Å². The van der Waals surface area contributed by atoms with Crippen LogP contribution in [0.15, 0.2) is 90.2 Å². The van der Waals surface area contributed by atoms with Gasteiger partial charge in [-0.25, -0.2) is 4.68 Å². The molecule has 3 heteroatoms. The fourth-order valence-corrected chi connectivity index (χ4v) is 3.47. The number of phenols is 1. The van der Waals surface area contributed by atoms with Crippen LogP contribution in [0, 0.1) is 0 Å². The fraction of sp³-hybridized carbons (Fsp3) is 0.125. The maximum Gasteiger partial charge on any atom is 0.128 e. The van der Waals surface area contributed by atoms with Gasteiger partial charge in [0.2, 0.25) is 0 Å². The van der Waals surface area contributed by atoms with Crippen LogP contribution in [0.2, 0.25) is 0 Å². The van der Waals surface area contributed by atoms with E-state index in [0.717, 1.165) is 22.0 Å². The Hall–Kier alpha value is -3.33. The number of rotatable bonds is 4. The SMILES string of the molecule is CC(C)(c1ccccc1)c1cccc(C=Nn2ccc3ccccc32)c1O. The van der Waals surface area contributed by atoms with Crippen molar-refractivity contribution >= 4 is 17.1 Å². The molecule has 134 valence electrons. The maximum absolute atomic E-state index is 10.9. The number of aromatic hydroxyl groups is 1. The monoisotopic (exact) mass is 354 g/mol. The second-order valence-corrected chi connectivity index (χ2v) is 7.20. The minimum atomic E-state index is -0.310. The van der Waals surface area contributed by atoms with Gasteiger partial charge < -0.3 is 5.11 Å². The lowest BCUT2D eigenvalue weighted by Crippen LogP contribution is -2.19. The predicted octanol–water partition coefficient (Wildman–Crippen LogP) is 5.56. The highest BCUT2D eigenvalue weighted by molar-refractivity contribution is 5.86. The van der Waals surface area contributed by atoms with Crippen LogP contribution in [0.3, 0.4) is 0 Å². The van der Waals surface area contributed by atoms with E-state index >= 15 is 0 Å². The molecule has 0 saturated carbocycles. The summed E-state index contributed by atoms with van der Waals surface area (Å²) < 4.78 is 1.82. The zero-order valence-electron chi connectivity index (χ0n) is 15.5. The number of hydrogen-bond acceptors (Lipinski definition) is 2. The largest absolute Gasteiger partial charge is 0.507 e. The van der Waals surface area contributed by atoms with Crippen LogP contribution < -0.4 is 0 Å². The Labute approximate surface area is 159 Å². The summed E-state index contributed by atoms with van der Waals surface area (Å²) in [7, 11) is 0. The molecule has 1 aromatic heterocycles. The molecule has 0 aliphatic carbocycles. The van der Waals surface area contributed by atoms with Gasteiger partial charge in [0.05, 0.1) is 11.7 Å². The molecule has 0 bridgehead atoms. The van der Waals surface area contributed by atoms with E-state index in [1.165, 1.54) is 0 Å². The lowest BCUT2D eigenvalue weighted by Gasteiger charge is -2.27. The highest BCUT2D eigenvalue weighted by Crippen LogP contribution is 2.37. The molecule has 0 radical (unpaired) electrons. The number of para-hydroxylation sites is 2. The van der Waals surface area contributed by atoms with Crippen molar-refractivity contribution in [2.24, 2.45) is 5.10 Å². The first kappa shape index (κ1) is 17.1. The van der Waals surface area contributed by atoms with Crippen LogP contribution in [0.25, 0.3) is 10.9 Å². The average molecular weight is 354 g/mol. The van der Waals surface area contributed by atoms with Crippen molar-refractivity contribution in [3.63, 3.8) is 0 Å². The standard InChI is InChI=1S/C24H22N2O/c1-24(2,20-11-4-3-5-12-20)21-13-8-10-19(23(21)27)17-25-26-16-15-18-9-6-7-14-22(18)26/h3-17,27H,1-2H3. The third-order valence-electron chi connectivity index (χ3n) is 5.14. The van der Waals surface area contributed by atoms with Gasteiger partial charge in [-0.05, 0) is 23.8 Å². The Morgan fingerprint density at radius 1 is 0.852 bits per heavy atom. The van der Waals surface area contributed by atoms with Gasteiger partial charge in [0.1, 0.15) is 5.75 Å². The van der Waals surface area contributed by atoms with Gasteiger partial charge in [-0.15, -0.1) is 0 Å². The highest BCUT2D eigenvalue weighted by atomic mass is 16.3. The van der Waals surface area contributed by atoms with E-state index in [2.05, 4.69) is 37.1 Å². The summed E-state index contributed by atoms with van der Waals surface area (Å²) in [6, 6.07) is 26.2. The molecule has 0 aliphatic rings. The summed E-state index contributed by atoms with van der Waals surface area (Å²) >= 11 is 0. The number of aromatic nitrogens is 1. The summed E-state index contributed by atoms with van der Waals surface area (Å²) in [5.74, 6) is 0.270. The first-order valence-electron chi connectivity index (χ1n) is 9.06. The van der Waals surface area contributed by atoms with Crippen LogP contribution in [0.4, 0.5) is 0 Å². The number of hydrogen-bond donors (Lipinski definition) is 1. The minimum absolute atomic E-state index is 0.270. The van der Waals surface area contributed by atoms with Crippen molar-refractivity contribution in [2.75, 3.05) is 0 Å². The molecule has 1 heterocycles. The van der Waals surface area contributed by atoms with E-state index in [9.17, 15) is 5.11 Å². The van der Waals surface area contributed by atoms with Crippen LogP contribution >= 0.6 is 0 Å². The smallest absolute Gasteiger partial charge is 0.128 e. The van der Waals surface area contributed by atoms with Gasteiger partial charge in [-0.3, -0.25) is 0 Å². The Morgan fingerprint density at radius 2 is 1.59 bits per heavy atom. The summed E-state index contributed by atoms with van der Waals surface area (Å²) in [5, 5.41) is 16.6. The third-order valence-corrected chi connectivity index (χ3v) is 5.14. The normalized spacial score (nSPS) is 12.1. The van der Waals surface area contributed by atoms with E-state index in [1.54, 1.807) is 6.21 Å². The van der Waals surface area contributed by atoms with Gasteiger partial charge in [0.15, 0.2) is 0 Å². The van der Waals surface area contributed by atoms with Crippen LogP contribution in [-0.2, 0) is 5.41 Å². The number of phenolic OH excluding ortho intramolecular Hbond substituents is 1. The van der Waals surface area contributed by atoms with Crippen molar-refractivity contribution in [1.82, 2.24) is 4.68 Å². The minimum Gasteiger partial charge on any atom is -0.507 e. The topological polar surface area (TPSA) is 37.5 Å². The van der Waals surface area contributed by atoms with Crippen LogP contribution in [-0.4, -0.2) is 16.0 Å². The quantitative estimate of drug-likeness (QED) is 0.479. The molecule has 0 aliphatic heterocycles. The van der Waals surface area contributed by atoms with Gasteiger partial charge in [-0.2, -0.15) is 5.10 Å². The Kier molecular flexibility index (Phi) is 4.28. The molecule has 3 aromatic carbocycles. The van der Waals surface area contributed by atoms with Crippen molar-refractivity contribution in [3.8, 4) is 5.75 Å². The zero-order valence-corrected chi connectivity index (χ0v) is 15.5. The molecule has 4 aromatic rings. The highest BCUT2D eigenvalue weighted by Gasteiger charge is 2.26. The van der Waals surface area contributed by atoms with Gasteiger partial charge in [-0.1, -0.05) is 74.5 Å². The predicted molar refractivity (Wildman–Crippen MR) is 112 cm³/mol. The van der Waals surface area contributed by atoms with Crippen LogP contribution in [0.1, 0.15) is 30.5 Å². The molecule has 4 rings (SSSR count). The Balaban J connectivity index is 1.72. The molecule has 0 amide bonds. The maximum atomic E-state index is 10.9. The van der Waals surface area contributed by atoms with Crippen molar-refractivity contribution in [3.05, 3.63) is 102 Å². The summed E-state index contributed by atoms with van der Waals surface area (Å²) in [6.45, 7) is 4.25. The molecular weight excluding hydrogens is 332 g/mol. The fourth-order valence-electron chi connectivity index (χ4n) is 3.47. The molecule has 0 spiro atoms. The molecule has 0 saturated heterocycles. The van der Waals surface area contributed by atoms with Gasteiger partial charge >= 0.3 is 0 Å². The summed E-state index contributed by atoms with van der Waals surface area (Å²) in [4.78, 5) is 0.